The van der Waals surface area contributed by atoms with Crippen molar-refractivity contribution in [3.8, 4) is 5.75 Å². The van der Waals surface area contributed by atoms with Gasteiger partial charge in [0.2, 0.25) is 0 Å². The van der Waals surface area contributed by atoms with Crippen molar-refractivity contribution in [1.29, 1.82) is 0 Å². The van der Waals surface area contributed by atoms with E-state index in [4.69, 9.17) is 4.74 Å². The molecule has 0 heterocycles. The first kappa shape index (κ1) is 12.1. The van der Waals surface area contributed by atoms with E-state index in [0.29, 0.717) is 6.04 Å². The van der Waals surface area contributed by atoms with E-state index in [0.717, 1.165) is 25.2 Å². The van der Waals surface area contributed by atoms with Crippen molar-refractivity contribution in [2.45, 2.75) is 32.7 Å². The Hall–Kier alpha value is -1.02. The van der Waals surface area contributed by atoms with Crippen LogP contribution in [0.2, 0.25) is 0 Å². The summed E-state index contributed by atoms with van der Waals surface area (Å²) >= 11 is 0. The summed E-state index contributed by atoms with van der Waals surface area (Å²) in [6.45, 7) is 5.05. The molecule has 0 aromatic heterocycles. The molecule has 0 aliphatic rings. The smallest absolute Gasteiger partial charge is 0.119 e. The minimum absolute atomic E-state index is 0.565. The lowest BCUT2D eigenvalue weighted by molar-refractivity contribution is 0.287. The third-order valence-electron chi connectivity index (χ3n) is 2.66. The van der Waals surface area contributed by atoms with E-state index in [1.165, 1.54) is 5.56 Å². The van der Waals surface area contributed by atoms with Crippen molar-refractivity contribution in [2.75, 3.05) is 13.7 Å². The molecule has 1 unspecified atom stereocenters. The molecule has 0 saturated carbocycles. The predicted molar refractivity (Wildman–Crippen MR) is 64.4 cm³/mol. The zero-order chi connectivity index (χ0) is 11.1. The highest BCUT2D eigenvalue weighted by atomic mass is 16.5. The van der Waals surface area contributed by atoms with Crippen LogP contribution >= 0.6 is 0 Å². The van der Waals surface area contributed by atoms with E-state index in [-0.39, 0.29) is 0 Å². The molecule has 0 fully saturated rings. The van der Waals surface area contributed by atoms with Gasteiger partial charge in [-0.05, 0) is 38.9 Å². The van der Waals surface area contributed by atoms with Gasteiger partial charge in [0.25, 0.3) is 0 Å². The summed E-state index contributed by atoms with van der Waals surface area (Å²) in [4.78, 5) is 0. The Morgan fingerprint density at radius 1 is 1.27 bits per heavy atom. The van der Waals surface area contributed by atoms with Gasteiger partial charge in [0.15, 0.2) is 0 Å². The maximum atomic E-state index is 5.66. The molecule has 1 N–H and O–H groups in total. The van der Waals surface area contributed by atoms with Crippen molar-refractivity contribution < 1.29 is 4.74 Å². The number of hydrogen-bond donors (Lipinski definition) is 1. The zero-order valence-corrected chi connectivity index (χ0v) is 9.92. The molecule has 2 heteroatoms. The van der Waals surface area contributed by atoms with E-state index in [1.807, 2.05) is 19.2 Å². The molecule has 0 spiro atoms. The molecule has 84 valence electrons. The fourth-order valence-corrected chi connectivity index (χ4v) is 1.51. The Labute approximate surface area is 92.6 Å². The number of nitrogens with one attached hydrogen (secondary N) is 1. The third kappa shape index (κ3) is 4.34. The third-order valence-corrected chi connectivity index (χ3v) is 2.66. The average Bonchev–Trinajstić information content (AvgIpc) is 2.27. The van der Waals surface area contributed by atoms with Gasteiger partial charge in [0.05, 0.1) is 6.61 Å². The Kier molecular flexibility index (Phi) is 5.19. The van der Waals surface area contributed by atoms with Crippen molar-refractivity contribution in [3.63, 3.8) is 0 Å². The number of benzene rings is 1. The Morgan fingerprint density at radius 2 is 1.93 bits per heavy atom. The summed E-state index contributed by atoms with van der Waals surface area (Å²) in [6, 6.07) is 8.76. The molecule has 2 nitrogen and oxygen atoms in total. The van der Waals surface area contributed by atoms with Gasteiger partial charge < -0.3 is 10.1 Å². The second-order valence-corrected chi connectivity index (χ2v) is 3.84. The van der Waals surface area contributed by atoms with Gasteiger partial charge in [0.1, 0.15) is 5.75 Å². The van der Waals surface area contributed by atoms with Gasteiger partial charge in [0, 0.05) is 6.04 Å². The van der Waals surface area contributed by atoms with Crippen LogP contribution in [0, 0.1) is 6.92 Å². The highest BCUT2D eigenvalue weighted by molar-refractivity contribution is 5.26. The highest BCUT2D eigenvalue weighted by Crippen LogP contribution is 2.12. The van der Waals surface area contributed by atoms with Crippen LogP contribution in [0.25, 0.3) is 0 Å². The SMILES string of the molecule is CCC(CCOc1ccc(C)cc1)NC. The Morgan fingerprint density at radius 3 is 2.47 bits per heavy atom. The first-order chi connectivity index (χ1) is 7.26. The molecular weight excluding hydrogens is 186 g/mol. The molecule has 0 radical (unpaired) electrons. The summed E-state index contributed by atoms with van der Waals surface area (Å²) in [5.41, 5.74) is 1.27. The maximum absolute atomic E-state index is 5.66. The summed E-state index contributed by atoms with van der Waals surface area (Å²) < 4.78 is 5.66. The largest absolute Gasteiger partial charge is 0.494 e. The zero-order valence-electron chi connectivity index (χ0n) is 9.92. The average molecular weight is 207 g/mol. The molecule has 1 aromatic rings. The molecule has 0 saturated heterocycles. The van der Waals surface area contributed by atoms with Crippen LogP contribution in [0.15, 0.2) is 24.3 Å². The number of aryl methyl sites for hydroxylation is 1. The fourth-order valence-electron chi connectivity index (χ4n) is 1.51. The van der Waals surface area contributed by atoms with Gasteiger partial charge in [-0.25, -0.2) is 0 Å². The second kappa shape index (κ2) is 6.46. The highest BCUT2D eigenvalue weighted by Gasteiger charge is 2.02. The lowest BCUT2D eigenvalue weighted by atomic mass is 10.2. The van der Waals surface area contributed by atoms with Gasteiger partial charge >= 0.3 is 0 Å². The normalized spacial score (nSPS) is 12.5. The standard InChI is InChI=1S/C13H21NO/c1-4-12(14-3)9-10-15-13-7-5-11(2)6-8-13/h5-8,12,14H,4,9-10H2,1-3H3. The maximum Gasteiger partial charge on any atom is 0.119 e. The topological polar surface area (TPSA) is 21.3 Å². The quantitative estimate of drug-likeness (QED) is 0.774. The first-order valence-corrected chi connectivity index (χ1v) is 5.63. The van der Waals surface area contributed by atoms with Gasteiger partial charge in [-0.15, -0.1) is 0 Å². The molecule has 1 aromatic carbocycles. The molecule has 0 amide bonds. The van der Waals surface area contributed by atoms with Gasteiger partial charge in [-0.1, -0.05) is 24.6 Å². The summed E-state index contributed by atoms with van der Waals surface area (Å²) in [6.07, 6.45) is 2.20. The van der Waals surface area contributed by atoms with Crippen molar-refractivity contribution in [3.05, 3.63) is 29.8 Å². The number of ether oxygens (including phenoxy) is 1. The Bertz CT molecular complexity index is 264. The summed E-state index contributed by atoms with van der Waals surface area (Å²) in [5, 5.41) is 3.27. The van der Waals surface area contributed by atoms with Crippen LogP contribution in [0.5, 0.6) is 5.75 Å². The minimum atomic E-state index is 0.565. The monoisotopic (exact) mass is 207 g/mol. The number of rotatable bonds is 6. The lowest BCUT2D eigenvalue weighted by Crippen LogP contribution is -2.26. The van der Waals surface area contributed by atoms with Crippen LogP contribution in [0.1, 0.15) is 25.3 Å². The van der Waals surface area contributed by atoms with Crippen molar-refractivity contribution in [1.82, 2.24) is 5.32 Å². The second-order valence-electron chi connectivity index (χ2n) is 3.84. The van der Waals surface area contributed by atoms with Crippen LogP contribution in [-0.4, -0.2) is 19.7 Å². The van der Waals surface area contributed by atoms with E-state index in [1.54, 1.807) is 0 Å². The van der Waals surface area contributed by atoms with Crippen molar-refractivity contribution in [2.24, 2.45) is 0 Å². The van der Waals surface area contributed by atoms with Crippen LogP contribution < -0.4 is 10.1 Å². The van der Waals surface area contributed by atoms with E-state index in [9.17, 15) is 0 Å². The molecular formula is C13H21NO. The van der Waals surface area contributed by atoms with E-state index in [2.05, 4.69) is 31.3 Å². The molecule has 1 rings (SSSR count). The molecule has 1 atom stereocenters. The predicted octanol–water partition coefficient (Wildman–Crippen LogP) is 2.76. The minimum Gasteiger partial charge on any atom is -0.494 e. The number of hydrogen-bond acceptors (Lipinski definition) is 2. The molecule has 0 aliphatic carbocycles. The van der Waals surface area contributed by atoms with Crippen LogP contribution in [0.3, 0.4) is 0 Å². The van der Waals surface area contributed by atoms with E-state index < -0.39 is 0 Å². The molecule has 15 heavy (non-hydrogen) atoms. The van der Waals surface area contributed by atoms with Crippen LogP contribution in [0.4, 0.5) is 0 Å². The van der Waals surface area contributed by atoms with Gasteiger partial charge in [-0.2, -0.15) is 0 Å². The summed E-state index contributed by atoms with van der Waals surface area (Å²) in [7, 11) is 2.00. The molecule has 0 aliphatic heterocycles. The van der Waals surface area contributed by atoms with Gasteiger partial charge in [-0.3, -0.25) is 0 Å². The molecule has 0 bridgehead atoms. The summed E-state index contributed by atoms with van der Waals surface area (Å²) in [5.74, 6) is 0.964. The first-order valence-electron chi connectivity index (χ1n) is 5.63. The Balaban J connectivity index is 2.28. The lowest BCUT2D eigenvalue weighted by Gasteiger charge is -2.14. The van der Waals surface area contributed by atoms with E-state index >= 15 is 0 Å². The van der Waals surface area contributed by atoms with Crippen molar-refractivity contribution >= 4 is 0 Å². The fraction of sp³-hybridized carbons (Fsp3) is 0.538. The van der Waals surface area contributed by atoms with Crippen LogP contribution in [-0.2, 0) is 0 Å².